The minimum atomic E-state index is -0.430. The van der Waals surface area contributed by atoms with E-state index in [1.165, 1.54) is 13.2 Å². The summed E-state index contributed by atoms with van der Waals surface area (Å²) < 4.78 is 5.01. The number of methoxy groups -OCH3 is 1. The Balaban J connectivity index is 2.27. The molecule has 0 bridgehead atoms. The topological polar surface area (TPSA) is 77.3 Å². The fraction of sp³-hybridized carbons (Fsp3) is 0.214. The maximum atomic E-state index is 11.1. The van der Waals surface area contributed by atoms with Crippen molar-refractivity contribution in [2.45, 2.75) is 13.0 Å². The number of aromatic nitrogens is 1. The van der Waals surface area contributed by atoms with Crippen LogP contribution in [0.2, 0.25) is 0 Å². The number of nitrogens with zero attached hydrogens (tertiary/aromatic N) is 2. The standard InChI is InChI=1S/C14H15N3O3/c1-10(11-4-3-7-15-9-11)16-13-6-5-12(20-2)8-14(13)17(18)19/h3-10,16H,1-2H3. The molecule has 20 heavy (non-hydrogen) atoms. The van der Waals surface area contributed by atoms with E-state index < -0.39 is 4.92 Å². The summed E-state index contributed by atoms with van der Waals surface area (Å²) in [5.74, 6) is 0.455. The van der Waals surface area contributed by atoms with Gasteiger partial charge in [0, 0.05) is 12.4 Å². The van der Waals surface area contributed by atoms with Crippen molar-refractivity contribution >= 4 is 11.4 Å². The fourth-order valence-electron chi connectivity index (χ4n) is 1.86. The highest BCUT2D eigenvalue weighted by molar-refractivity contribution is 5.64. The highest BCUT2D eigenvalue weighted by Gasteiger charge is 2.17. The summed E-state index contributed by atoms with van der Waals surface area (Å²) in [6, 6.07) is 8.39. The maximum Gasteiger partial charge on any atom is 0.296 e. The molecule has 6 heteroatoms. The number of hydrogen-bond donors (Lipinski definition) is 1. The number of pyridine rings is 1. The summed E-state index contributed by atoms with van der Waals surface area (Å²) in [6.45, 7) is 1.92. The van der Waals surface area contributed by atoms with Gasteiger partial charge in [0.05, 0.1) is 24.1 Å². The minimum absolute atomic E-state index is 0.0138. The van der Waals surface area contributed by atoms with Gasteiger partial charge in [-0.05, 0) is 30.7 Å². The molecule has 0 spiro atoms. The second-order valence-electron chi connectivity index (χ2n) is 4.29. The quantitative estimate of drug-likeness (QED) is 0.668. The molecule has 0 aliphatic carbocycles. The molecule has 1 aromatic heterocycles. The van der Waals surface area contributed by atoms with Crippen LogP contribution in [-0.4, -0.2) is 17.0 Å². The van der Waals surface area contributed by atoms with Gasteiger partial charge in [-0.3, -0.25) is 15.1 Å². The average Bonchev–Trinajstić information content (AvgIpc) is 2.48. The Bertz CT molecular complexity index is 602. The lowest BCUT2D eigenvalue weighted by atomic mass is 10.1. The van der Waals surface area contributed by atoms with Gasteiger partial charge in [-0.15, -0.1) is 0 Å². The van der Waals surface area contributed by atoms with Crippen LogP contribution in [0.1, 0.15) is 18.5 Å². The number of ether oxygens (including phenoxy) is 1. The molecule has 2 rings (SSSR count). The van der Waals surface area contributed by atoms with Gasteiger partial charge in [-0.25, -0.2) is 0 Å². The number of hydrogen-bond acceptors (Lipinski definition) is 5. The number of rotatable bonds is 5. The van der Waals surface area contributed by atoms with Gasteiger partial charge in [0.2, 0.25) is 0 Å². The number of nitrogens with one attached hydrogen (secondary N) is 1. The number of anilines is 1. The molecular weight excluding hydrogens is 258 g/mol. The summed E-state index contributed by atoms with van der Waals surface area (Å²) in [5, 5.41) is 14.2. The Labute approximate surface area is 116 Å². The molecule has 0 aliphatic rings. The van der Waals surface area contributed by atoms with Crippen LogP contribution in [0.5, 0.6) is 5.75 Å². The van der Waals surface area contributed by atoms with Crippen molar-refractivity contribution in [3.8, 4) is 5.75 Å². The molecule has 0 saturated heterocycles. The van der Waals surface area contributed by atoms with Crippen LogP contribution in [-0.2, 0) is 0 Å². The van der Waals surface area contributed by atoms with Crippen molar-refractivity contribution in [3.63, 3.8) is 0 Å². The van der Waals surface area contributed by atoms with E-state index in [1.807, 2.05) is 19.1 Å². The van der Waals surface area contributed by atoms with Gasteiger partial charge in [0.15, 0.2) is 0 Å². The van der Waals surface area contributed by atoms with E-state index in [9.17, 15) is 10.1 Å². The molecule has 6 nitrogen and oxygen atoms in total. The first kappa shape index (κ1) is 13.8. The monoisotopic (exact) mass is 273 g/mol. The molecule has 1 atom stereocenters. The van der Waals surface area contributed by atoms with Gasteiger partial charge >= 0.3 is 0 Å². The molecule has 0 saturated carbocycles. The lowest BCUT2D eigenvalue weighted by Gasteiger charge is -2.15. The molecule has 104 valence electrons. The van der Waals surface area contributed by atoms with E-state index in [0.29, 0.717) is 11.4 Å². The second-order valence-corrected chi connectivity index (χ2v) is 4.29. The highest BCUT2D eigenvalue weighted by Crippen LogP contribution is 2.31. The normalized spacial score (nSPS) is 11.7. The first-order valence-electron chi connectivity index (χ1n) is 6.10. The van der Waals surface area contributed by atoms with Crippen LogP contribution < -0.4 is 10.1 Å². The van der Waals surface area contributed by atoms with Crippen molar-refractivity contribution in [1.29, 1.82) is 0 Å². The average molecular weight is 273 g/mol. The SMILES string of the molecule is COc1ccc(NC(C)c2cccnc2)c([N+](=O)[O-])c1. The molecule has 1 N–H and O–H groups in total. The molecule has 0 radical (unpaired) electrons. The van der Waals surface area contributed by atoms with Crippen molar-refractivity contribution in [1.82, 2.24) is 4.98 Å². The van der Waals surface area contributed by atoms with Crippen LogP contribution in [0.4, 0.5) is 11.4 Å². The highest BCUT2D eigenvalue weighted by atomic mass is 16.6. The molecule has 0 amide bonds. The van der Waals surface area contributed by atoms with Gasteiger partial charge < -0.3 is 10.1 Å². The van der Waals surface area contributed by atoms with Gasteiger partial charge in [-0.1, -0.05) is 6.07 Å². The van der Waals surface area contributed by atoms with Crippen molar-refractivity contribution in [2.75, 3.05) is 12.4 Å². The zero-order valence-corrected chi connectivity index (χ0v) is 11.2. The molecule has 1 unspecified atom stereocenters. The number of benzene rings is 1. The van der Waals surface area contributed by atoms with Gasteiger partial charge in [-0.2, -0.15) is 0 Å². The summed E-state index contributed by atoms with van der Waals surface area (Å²) >= 11 is 0. The van der Waals surface area contributed by atoms with Gasteiger partial charge in [0.25, 0.3) is 5.69 Å². The predicted molar refractivity (Wildman–Crippen MR) is 75.9 cm³/mol. The lowest BCUT2D eigenvalue weighted by Crippen LogP contribution is -2.08. The first-order valence-corrected chi connectivity index (χ1v) is 6.10. The minimum Gasteiger partial charge on any atom is -0.496 e. The summed E-state index contributed by atoms with van der Waals surface area (Å²) in [4.78, 5) is 14.7. The van der Waals surface area contributed by atoms with Gasteiger partial charge in [0.1, 0.15) is 11.4 Å². The van der Waals surface area contributed by atoms with E-state index in [2.05, 4.69) is 10.3 Å². The zero-order valence-electron chi connectivity index (χ0n) is 11.2. The van der Waals surface area contributed by atoms with Crippen LogP contribution in [0.3, 0.4) is 0 Å². The Morgan fingerprint density at radius 1 is 1.40 bits per heavy atom. The largest absolute Gasteiger partial charge is 0.496 e. The third-order valence-electron chi connectivity index (χ3n) is 2.96. The number of nitro groups is 1. The maximum absolute atomic E-state index is 11.1. The molecule has 1 heterocycles. The van der Waals surface area contributed by atoms with Crippen molar-refractivity contribution in [2.24, 2.45) is 0 Å². The van der Waals surface area contributed by atoms with E-state index in [4.69, 9.17) is 4.74 Å². The van der Waals surface area contributed by atoms with Crippen molar-refractivity contribution in [3.05, 3.63) is 58.4 Å². The van der Waals surface area contributed by atoms with Crippen molar-refractivity contribution < 1.29 is 9.66 Å². The van der Waals surface area contributed by atoms with E-state index in [0.717, 1.165) is 5.56 Å². The Kier molecular flexibility index (Phi) is 4.14. The zero-order chi connectivity index (χ0) is 14.5. The molecular formula is C14H15N3O3. The van der Waals surface area contributed by atoms with Crippen LogP contribution in [0.15, 0.2) is 42.7 Å². The van der Waals surface area contributed by atoms with Crippen LogP contribution in [0, 0.1) is 10.1 Å². The summed E-state index contributed by atoms with van der Waals surface area (Å²) in [7, 11) is 1.48. The summed E-state index contributed by atoms with van der Waals surface area (Å²) in [6.07, 6.45) is 3.42. The smallest absolute Gasteiger partial charge is 0.296 e. The first-order chi connectivity index (χ1) is 9.61. The third kappa shape index (κ3) is 3.03. The van der Waals surface area contributed by atoms with E-state index in [1.54, 1.807) is 24.5 Å². The molecule has 2 aromatic rings. The Morgan fingerprint density at radius 2 is 2.20 bits per heavy atom. The fourth-order valence-corrected chi connectivity index (χ4v) is 1.86. The molecule has 0 aliphatic heterocycles. The summed E-state index contributed by atoms with van der Waals surface area (Å²) in [5.41, 5.74) is 1.39. The third-order valence-corrected chi connectivity index (χ3v) is 2.96. The Hall–Kier alpha value is -2.63. The second kappa shape index (κ2) is 6.01. The molecule has 1 aromatic carbocycles. The van der Waals surface area contributed by atoms with Crippen LogP contribution >= 0.6 is 0 Å². The Morgan fingerprint density at radius 3 is 2.80 bits per heavy atom. The number of nitro benzene ring substituents is 1. The van der Waals surface area contributed by atoms with Crippen LogP contribution in [0.25, 0.3) is 0 Å². The molecule has 0 fully saturated rings. The predicted octanol–water partition coefficient (Wildman–Crippen LogP) is 3.17. The van der Waals surface area contributed by atoms with E-state index in [-0.39, 0.29) is 11.7 Å². The lowest BCUT2D eigenvalue weighted by molar-refractivity contribution is -0.384. The van der Waals surface area contributed by atoms with E-state index >= 15 is 0 Å².